The molecule has 1 aromatic carbocycles. The van der Waals surface area contributed by atoms with E-state index in [1.807, 2.05) is 0 Å². The zero-order valence-corrected chi connectivity index (χ0v) is 7.47. The fourth-order valence-corrected chi connectivity index (χ4v) is 1.05. The molecule has 0 aliphatic rings. The molecule has 0 saturated heterocycles. The van der Waals surface area contributed by atoms with Crippen molar-refractivity contribution < 1.29 is 19.0 Å². The van der Waals surface area contributed by atoms with Gasteiger partial charge in [-0.3, -0.25) is 20.2 Å². The number of rotatable bonds is 3. The van der Waals surface area contributed by atoms with Gasteiger partial charge in [-0.25, -0.2) is 0 Å². The summed E-state index contributed by atoms with van der Waals surface area (Å²) in [7, 11) is 1.10. The molecule has 0 aliphatic heterocycles. The number of hydrogen-bond acceptors (Lipinski definition) is 5. The van der Waals surface area contributed by atoms with Crippen LogP contribution in [0, 0.1) is 26.0 Å². The summed E-state index contributed by atoms with van der Waals surface area (Å²) in [6, 6.07) is 1.70. The van der Waals surface area contributed by atoms with E-state index in [-0.39, 0.29) is 5.75 Å². The second-order valence-corrected chi connectivity index (χ2v) is 2.46. The second kappa shape index (κ2) is 3.86. The lowest BCUT2D eigenvalue weighted by Crippen LogP contribution is -2.01. The molecule has 1 aromatic rings. The van der Waals surface area contributed by atoms with Gasteiger partial charge >= 0.3 is 11.4 Å². The zero-order chi connectivity index (χ0) is 11.6. The SMILES string of the molecule is COc1ccc(F)c([N+](=O)[O-])c1[N+](=O)[O-]. The van der Waals surface area contributed by atoms with Crippen molar-refractivity contribution in [3.05, 3.63) is 38.2 Å². The van der Waals surface area contributed by atoms with Crippen LogP contribution in [0.2, 0.25) is 0 Å². The molecule has 7 nitrogen and oxygen atoms in total. The highest BCUT2D eigenvalue weighted by Crippen LogP contribution is 2.37. The first-order valence-corrected chi connectivity index (χ1v) is 3.64. The number of halogens is 1. The first-order valence-electron chi connectivity index (χ1n) is 3.64. The van der Waals surface area contributed by atoms with Crippen molar-refractivity contribution >= 4 is 11.4 Å². The molecule has 15 heavy (non-hydrogen) atoms. The fraction of sp³-hybridized carbons (Fsp3) is 0.143. The first-order chi connectivity index (χ1) is 6.99. The highest BCUT2D eigenvalue weighted by atomic mass is 19.1. The molecule has 0 fully saturated rings. The Kier molecular flexibility index (Phi) is 2.79. The number of benzene rings is 1. The molecule has 0 heterocycles. The molecular formula is C7H5FN2O5. The van der Waals surface area contributed by atoms with E-state index >= 15 is 0 Å². The number of nitrogens with zero attached hydrogens (tertiary/aromatic N) is 2. The summed E-state index contributed by atoms with van der Waals surface area (Å²) >= 11 is 0. The molecule has 0 unspecified atom stereocenters. The van der Waals surface area contributed by atoms with Crippen LogP contribution >= 0.6 is 0 Å². The van der Waals surface area contributed by atoms with Gasteiger partial charge in [0.2, 0.25) is 11.6 Å². The van der Waals surface area contributed by atoms with Crippen LogP contribution in [0.3, 0.4) is 0 Å². The number of ether oxygens (including phenoxy) is 1. The Morgan fingerprint density at radius 1 is 1.20 bits per heavy atom. The Labute approximate surface area is 82.4 Å². The summed E-state index contributed by atoms with van der Waals surface area (Å²) < 4.78 is 17.5. The maximum Gasteiger partial charge on any atom is 0.390 e. The highest BCUT2D eigenvalue weighted by Gasteiger charge is 2.33. The monoisotopic (exact) mass is 216 g/mol. The third-order valence-electron chi connectivity index (χ3n) is 1.65. The van der Waals surface area contributed by atoms with Gasteiger partial charge < -0.3 is 4.74 Å². The minimum atomic E-state index is -1.27. The van der Waals surface area contributed by atoms with Gasteiger partial charge in [0, 0.05) is 0 Å². The quantitative estimate of drug-likeness (QED) is 0.565. The molecule has 0 saturated carbocycles. The smallest absolute Gasteiger partial charge is 0.390 e. The molecule has 0 aromatic heterocycles. The van der Waals surface area contributed by atoms with Gasteiger partial charge in [-0.1, -0.05) is 0 Å². The molecule has 0 aliphatic carbocycles. The topological polar surface area (TPSA) is 95.5 Å². The standard InChI is InChI=1S/C7H5FN2O5/c1-15-5-3-2-4(8)6(9(11)12)7(5)10(13)14/h2-3H,1H3. The van der Waals surface area contributed by atoms with Crippen molar-refractivity contribution in [2.75, 3.05) is 7.11 Å². The van der Waals surface area contributed by atoms with Crippen LogP contribution in [0.5, 0.6) is 5.75 Å². The molecule has 80 valence electrons. The summed E-state index contributed by atoms with van der Waals surface area (Å²) in [6.07, 6.45) is 0. The molecule has 0 amide bonds. The van der Waals surface area contributed by atoms with E-state index in [2.05, 4.69) is 4.74 Å². The van der Waals surface area contributed by atoms with Gasteiger partial charge in [-0.2, -0.15) is 4.39 Å². The highest BCUT2D eigenvalue weighted by molar-refractivity contribution is 5.62. The van der Waals surface area contributed by atoms with Crippen molar-refractivity contribution in [1.29, 1.82) is 0 Å². The van der Waals surface area contributed by atoms with Crippen LogP contribution in [0.15, 0.2) is 12.1 Å². The van der Waals surface area contributed by atoms with Crippen LogP contribution in [-0.4, -0.2) is 17.0 Å². The lowest BCUT2D eigenvalue weighted by Gasteiger charge is -2.01. The van der Waals surface area contributed by atoms with Gasteiger partial charge in [0.15, 0.2) is 0 Å². The number of methoxy groups -OCH3 is 1. The van der Waals surface area contributed by atoms with Gasteiger partial charge in [-0.15, -0.1) is 0 Å². The van der Waals surface area contributed by atoms with E-state index in [1.165, 1.54) is 0 Å². The Morgan fingerprint density at radius 3 is 2.13 bits per heavy atom. The fourth-order valence-electron chi connectivity index (χ4n) is 1.05. The molecule has 0 spiro atoms. The van der Waals surface area contributed by atoms with Crippen molar-refractivity contribution in [3.8, 4) is 5.75 Å². The van der Waals surface area contributed by atoms with Crippen LogP contribution in [0.4, 0.5) is 15.8 Å². The summed E-state index contributed by atoms with van der Waals surface area (Å²) in [5.74, 6) is -1.62. The average Bonchev–Trinajstić information content (AvgIpc) is 2.16. The van der Waals surface area contributed by atoms with Crippen LogP contribution in [0.25, 0.3) is 0 Å². The van der Waals surface area contributed by atoms with Gasteiger partial charge in [0.1, 0.15) is 0 Å². The van der Waals surface area contributed by atoms with Gasteiger partial charge in [0.25, 0.3) is 0 Å². The van der Waals surface area contributed by atoms with Crippen molar-refractivity contribution in [1.82, 2.24) is 0 Å². The minimum Gasteiger partial charge on any atom is -0.490 e. The summed E-state index contributed by atoms with van der Waals surface area (Å²) in [6.45, 7) is 0. The van der Waals surface area contributed by atoms with E-state index in [4.69, 9.17) is 0 Å². The van der Waals surface area contributed by atoms with E-state index in [0.29, 0.717) is 0 Å². The average molecular weight is 216 g/mol. The van der Waals surface area contributed by atoms with Crippen molar-refractivity contribution in [2.24, 2.45) is 0 Å². The molecule has 0 radical (unpaired) electrons. The summed E-state index contributed by atoms with van der Waals surface area (Å²) in [4.78, 5) is 18.7. The van der Waals surface area contributed by atoms with Crippen LogP contribution < -0.4 is 4.74 Å². The largest absolute Gasteiger partial charge is 0.490 e. The number of nitro benzene ring substituents is 2. The van der Waals surface area contributed by atoms with Crippen LogP contribution in [0.1, 0.15) is 0 Å². The number of hydrogen-bond donors (Lipinski definition) is 0. The Hall–Kier alpha value is -2.25. The molecule has 0 bridgehead atoms. The van der Waals surface area contributed by atoms with Crippen molar-refractivity contribution in [3.63, 3.8) is 0 Å². The predicted octanol–water partition coefficient (Wildman–Crippen LogP) is 1.65. The molecule has 8 heteroatoms. The second-order valence-electron chi connectivity index (χ2n) is 2.46. The molecular weight excluding hydrogens is 211 g/mol. The normalized spacial score (nSPS) is 9.73. The first kappa shape index (κ1) is 10.8. The Bertz CT molecular complexity index is 434. The molecule has 0 N–H and O–H groups in total. The lowest BCUT2D eigenvalue weighted by atomic mass is 10.2. The minimum absolute atomic E-state index is 0.354. The summed E-state index contributed by atoms with van der Waals surface area (Å²) in [5.41, 5.74) is -2.18. The van der Waals surface area contributed by atoms with E-state index < -0.39 is 27.0 Å². The molecule has 0 atom stereocenters. The van der Waals surface area contributed by atoms with Gasteiger partial charge in [-0.05, 0) is 12.1 Å². The maximum atomic E-state index is 13.0. The third-order valence-corrected chi connectivity index (χ3v) is 1.65. The number of nitro groups is 2. The maximum absolute atomic E-state index is 13.0. The Morgan fingerprint density at radius 2 is 1.73 bits per heavy atom. The van der Waals surface area contributed by atoms with E-state index in [9.17, 15) is 24.6 Å². The van der Waals surface area contributed by atoms with E-state index in [0.717, 1.165) is 19.2 Å². The van der Waals surface area contributed by atoms with E-state index in [1.54, 1.807) is 0 Å². The molecule has 1 rings (SSSR count). The predicted molar refractivity (Wildman–Crippen MR) is 46.3 cm³/mol. The Balaban J connectivity index is 3.58. The van der Waals surface area contributed by atoms with Gasteiger partial charge in [0.05, 0.1) is 17.0 Å². The third kappa shape index (κ3) is 1.82. The van der Waals surface area contributed by atoms with Crippen molar-refractivity contribution in [2.45, 2.75) is 0 Å². The summed E-state index contributed by atoms with van der Waals surface area (Å²) in [5, 5.41) is 20.9. The lowest BCUT2D eigenvalue weighted by molar-refractivity contribution is -0.424. The zero-order valence-electron chi connectivity index (χ0n) is 7.47. The van der Waals surface area contributed by atoms with Crippen LogP contribution in [-0.2, 0) is 0 Å².